The van der Waals surface area contributed by atoms with E-state index in [1.807, 2.05) is 36.4 Å². The predicted molar refractivity (Wildman–Crippen MR) is 267 cm³/mol. The smallest absolute Gasteiger partial charge is 0.127 e. The molecule has 0 amide bonds. The molecule has 258 valence electrons. The fourth-order valence-electron chi connectivity index (χ4n) is 4.53. The highest BCUT2D eigenvalue weighted by Gasteiger charge is 2.08. The number of hydrogen-bond donors (Lipinski definition) is 0. The summed E-state index contributed by atoms with van der Waals surface area (Å²) in [6.07, 6.45) is 10.6. The highest BCUT2D eigenvalue weighted by molar-refractivity contribution is 15.0. The van der Waals surface area contributed by atoms with E-state index in [1.165, 1.54) is 21.5 Å². The standard InChI is InChI=1S/C20H24Si2.C14H8.C10H6Br2.I2.HI/c1-21(2,3)13-11-17-7-9-20-16-18(8-10-19(20)15-17)12-14-22(4,5)6;1-3-11-5-7-14-10-12(4-2)6-8-13(14)9-11;11-9-3-1-7-5-10(12)4-2-8(7)6-9;1-2;/h7-10,15-16H,1-6H3;1-2,5-10H;1-6H;;1H. The van der Waals surface area contributed by atoms with E-state index < -0.39 is 16.1 Å². The molecule has 0 heterocycles. The van der Waals surface area contributed by atoms with Crippen molar-refractivity contribution >= 4 is 142 Å². The second-order valence-electron chi connectivity index (χ2n) is 13.5. The average molecular weight is 1160 g/mol. The average Bonchev–Trinajstić information content (AvgIpc) is 3.10. The lowest BCUT2D eigenvalue weighted by atomic mass is 10.0. The van der Waals surface area contributed by atoms with E-state index in [0.29, 0.717) is 0 Å². The van der Waals surface area contributed by atoms with Gasteiger partial charge in [-0.15, -0.1) is 47.9 Å². The van der Waals surface area contributed by atoms with E-state index in [2.05, 4.69) is 216 Å². The molecule has 0 aliphatic rings. The van der Waals surface area contributed by atoms with Crippen molar-refractivity contribution < 1.29 is 0 Å². The first-order chi connectivity index (χ1) is 23.7. The van der Waals surface area contributed by atoms with Crippen LogP contribution in [-0.4, -0.2) is 16.1 Å². The second-order valence-corrected chi connectivity index (χ2v) is 24.8. The lowest BCUT2D eigenvalue weighted by Crippen LogP contribution is -2.16. The van der Waals surface area contributed by atoms with Crippen molar-refractivity contribution in [1.29, 1.82) is 0 Å². The summed E-state index contributed by atoms with van der Waals surface area (Å²) < 4.78 is 2.25. The minimum atomic E-state index is -1.32. The summed E-state index contributed by atoms with van der Waals surface area (Å²) in [4.78, 5) is 0. The molecule has 6 aromatic rings. The number of terminal acetylenes is 2. The molecule has 0 aromatic heterocycles. The third-order valence-corrected chi connectivity index (χ3v) is 9.68. The Labute approximate surface area is 364 Å². The van der Waals surface area contributed by atoms with Crippen LogP contribution in [-0.2, 0) is 0 Å². The van der Waals surface area contributed by atoms with E-state index in [0.717, 1.165) is 42.0 Å². The Morgan fingerprint density at radius 1 is 0.431 bits per heavy atom. The van der Waals surface area contributed by atoms with Gasteiger partial charge < -0.3 is 0 Å². The van der Waals surface area contributed by atoms with Gasteiger partial charge in [0.2, 0.25) is 0 Å². The maximum absolute atomic E-state index is 5.31. The van der Waals surface area contributed by atoms with Gasteiger partial charge >= 0.3 is 0 Å². The van der Waals surface area contributed by atoms with E-state index in [9.17, 15) is 0 Å². The molecule has 0 radical (unpaired) electrons. The van der Waals surface area contributed by atoms with Gasteiger partial charge in [0.25, 0.3) is 0 Å². The zero-order chi connectivity index (χ0) is 36.9. The maximum atomic E-state index is 5.31. The van der Waals surface area contributed by atoms with Gasteiger partial charge in [-0.25, -0.2) is 0 Å². The van der Waals surface area contributed by atoms with Crippen LogP contribution < -0.4 is 0 Å². The Morgan fingerprint density at radius 3 is 0.980 bits per heavy atom. The molecule has 0 bridgehead atoms. The molecule has 6 aromatic carbocycles. The predicted octanol–water partition coefficient (Wildman–Crippen LogP) is 14.9. The minimum Gasteiger partial charge on any atom is -0.127 e. The van der Waals surface area contributed by atoms with E-state index >= 15 is 0 Å². The number of halogens is 5. The van der Waals surface area contributed by atoms with E-state index in [-0.39, 0.29) is 24.0 Å². The number of hydrogen-bond acceptors (Lipinski definition) is 0. The van der Waals surface area contributed by atoms with Gasteiger partial charge in [-0.3, -0.25) is 0 Å². The van der Waals surface area contributed by atoms with E-state index in [4.69, 9.17) is 12.8 Å². The lowest BCUT2D eigenvalue weighted by molar-refractivity contribution is 1.66. The number of benzene rings is 6. The topological polar surface area (TPSA) is 0 Å². The largest absolute Gasteiger partial charge is 0.129 e. The van der Waals surface area contributed by atoms with Gasteiger partial charge in [-0.2, -0.15) is 0 Å². The monoisotopic (exact) mass is 1160 g/mol. The van der Waals surface area contributed by atoms with Crippen LogP contribution in [0.2, 0.25) is 39.3 Å². The second kappa shape index (κ2) is 21.6. The van der Waals surface area contributed by atoms with Crippen molar-refractivity contribution in [2.75, 3.05) is 0 Å². The summed E-state index contributed by atoms with van der Waals surface area (Å²) in [6, 6.07) is 37.2. The highest BCUT2D eigenvalue weighted by Crippen LogP contribution is 2.23. The number of fused-ring (bicyclic) bond motifs is 3. The SMILES string of the molecule is Brc1ccc2cc(Br)ccc2c1.C#Cc1ccc2cc(C#C)ccc2c1.C[Si](C)(C)C#Cc1ccc2cc(C#C[Si](C)(C)C)ccc2c1.I.II. The first-order valence-electron chi connectivity index (χ1n) is 15.8. The molecule has 0 N–H and O–H groups in total. The summed E-state index contributed by atoms with van der Waals surface area (Å²) >= 11 is 11.1. The van der Waals surface area contributed by atoms with Gasteiger partial charge in [-0.1, -0.05) is 131 Å². The molecule has 7 heteroatoms. The molecule has 0 nitrogen and oxygen atoms in total. The third kappa shape index (κ3) is 15.8. The van der Waals surface area contributed by atoms with Crippen molar-refractivity contribution in [2.45, 2.75) is 39.3 Å². The van der Waals surface area contributed by atoms with Crippen LogP contribution in [0.15, 0.2) is 118 Å². The Balaban J connectivity index is 0.000000269. The zero-order valence-electron chi connectivity index (χ0n) is 29.5. The normalized spacial score (nSPS) is 10.0. The molecule has 0 aliphatic carbocycles. The highest BCUT2D eigenvalue weighted by atomic mass is 128. The fraction of sp³-hybridized carbons (Fsp3) is 0.136. The zero-order valence-corrected chi connectivity index (χ0v) is 41.3. The van der Waals surface area contributed by atoms with Crippen molar-refractivity contribution in [3.8, 4) is 47.6 Å². The van der Waals surface area contributed by atoms with Crippen LogP contribution in [0.1, 0.15) is 22.3 Å². The Morgan fingerprint density at radius 2 is 0.686 bits per heavy atom. The van der Waals surface area contributed by atoms with Crippen molar-refractivity contribution in [3.05, 3.63) is 140 Å². The van der Waals surface area contributed by atoms with Gasteiger partial charge in [0.05, 0.1) is 0 Å². The fourth-order valence-corrected chi connectivity index (χ4v) is 6.33. The number of rotatable bonds is 0. The van der Waals surface area contributed by atoms with Crippen LogP contribution in [0, 0.1) is 47.6 Å². The van der Waals surface area contributed by atoms with Crippen LogP contribution in [0.5, 0.6) is 0 Å². The van der Waals surface area contributed by atoms with Crippen molar-refractivity contribution in [3.63, 3.8) is 0 Å². The molecule has 0 unspecified atom stereocenters. The van der Waals surface area contributed by atoms with Gasteiger partial charge in [-0.05, 0) is 105 Å². The molecular formula is C44H39Br2I3Si2. The molecule has 0 saturated carbocycles. The van der Waals surface area contributed by atoms with Gasteiger partial charge in [0, 0.05) is 68.4 Å². The molecule has 0 spiro atoms. The van der Waals surface area contributed by atoms with Crippen LogP contribution in [0.4, 0.5) is 0 Å². The van der Waals surface area contributed by atoms with Crippen molar-refractivity contribution in [2.24, 2.45) is 0 Å². The van der Waals surface area contributed by atoms with E-state index in [1.54, 1.807) is 0 Å². The first-order valence-corrected chi connectivity index (χ1v) is 30.6. The Bertz CT molecular complexity index is 2170. The molecule has 51 heavy (non-hydrogen) atoms. The molecule has 0 atom stereocenters. The quantitative estimate of drug-likeness (QED) is 0.0808. The van der Waals surface area contributed by atoms with Crippen LogP contribution in [0.25, 0.3) is 32.3 Å². The summed E-state index contributed by atoms with van der Waals surface area (Å²) in [5.74, 6) is 11.9. The summed E-state index contributed by atoms with van der Waals surface area (Å²) in [5.41, 5.74) is 10.8. The van der Waals surface area contributed by atoms with Crippen LogP contribution >= 0.6 is 93.1 Å². The molecule has 0 fully saturated rings. The summed E-state index contributed by atoms with van der Waals surface area (Å²) in [7, 11) is -2.64. The van der Waals surface area contributed by atoms with Crippen molar-refractivity contribution in [1.82, 2.24) is 0 Å². The third-order valence-electron chi connectivity index (χ3n) is 6.94. The van der Waals surface area contributed by atoms with Gasteiger partial charge in [0.15, 0.2) is 0 Å². The molecule has 6 rings (SSSR count). The summed E-state index contributed by atoms with van der Waals surface area (Å²) in [6.45, 7) is 13.6. The van der Waals surface area contributed by atoms with Crippen LogP contribution in [0.3, 0.4) is 0 Å². The molecular weight excluding hydrogens is 1130 g/mol. The minimum absolute atomic E-state index is 0. The molecule has 0 aliphatic heterocycles. The Kier molecular flexibility index (Phi) is 19.1. The van der Waals surface area contributed by atoms with Gasteiger partial charge in [0.1, 0.15) is 16.1 Å². The first kappa shape index (κ1) is 45.1. The molecule has 0 saturated heterocycles. The lowest BCUT2D eigenvalue weighted by Gasteiger charge is -2.05. The maximum Gasteiger partial charge on any atom is 0.129 e. The summed E-state index contributed by atoms with van der Waals surface area (Å²) in [5, 5.41) is 7.24. The Hall–Kier alpha value is -2.08.